The van der Waals surface area contributed by atoms with Crippen LogP contribution < -0.4 is 0 Å². The summed E-state index contributed by atoms with van der Waals surface area (Å²) in [7, 11) is 0. The van der Waals surface area contributed by atoms with Crippen molar-refractivity contribution in [2.24, 2.45) is 0 Å². The van der Waals surface area contributed by atoms with Gasteiger partial charge < -0.3 is 5.11 Å². The predicted octanol–water partition coefficient (Wildman–Crippen LogP) is 2.25. The van der Waals surface area contributed by atoms with Crippen LogP contribution in [0.3, 0.4) is 0 Å². The Morgan fingerprint density at radius 2 is 2.00 bits per heavy atom. The summed E-state index contributed by atoms with van der Waals surface area (Å²) in [6, 6.07) is 0. The van der Waals surface area contributed by atoms with Gasteiger partial charge in [0.2, 0.25) is 0 Å². The zero-order chi connectivity index (χ0) is 6.78. The maximum absolute atomic E-state index is 9.05. The fraction of sp³-hybridized carbons (Fsp3) is 1.00. The van der Waals surface area contributed by atoms with Gasteiger partial charge >= 0.3 is 0 Å². The second kappa shape index (κ2) is 3.54. The highest BCUT2D eigenvalue weighted by Gasteiger charge is 2.24. The molecule has 0 aliphatic carbocycles. The molecule has 0 fully saturated rings. The van der Waals surface area contributed by atoms with Crippen molar-refractivity contribution in [1.82, 2.24) is 0 Å². The lowest BCUT2D eigenvalue weighted by atomic mass is 10.3. The molecule has 0 saturated heterocycles. The maximum Gasteiger partial charge on any atom is 0.104 e. The number of alkyl halides is 3. The highest BCUT2D eigenvalue weighted by Crippen LogP contribution is 2.29. The van der Waals surface area contributed by atoms with Gasteiger partial charge in [0.05, 0.1) is 6.10 Å². The van der Waals surface area contributed by atoms with E-state index in [-0.39, 0.29) is 3.23 Å². The van der Waals surface area contributed by atoms with Gasteiger partial charge in [-0.05, 0) is 6.92 Å². The van der Waals surface area contributed by atoms with Crippen LogP contribution in [0.4, 0.5) is 0 Å². The summed E-state index contributed by atoms with van der Waals surface area (Å²) >= 11 is 9.62. The first-order valence-electron chi connectivity index (χ1n) is 2.10. The predicted molar refractivity (Wildman–Crippen MR) is 46.1 cm³/mol. The van der Waals surface area contributed by atoms with Crippen molar-refractivity contribution >= 4 is 47.8 Å². The monoisotopic (exact) mass is 308 g/mol. The molecule has 8 heavy (non-hydrogen) atoms. The molecule has 0 aromatic heterocycles. The molecule has 1 unspecified atom stereocenters. The number of hydrogen-bond acceptors (Lipinski definition) is 1. The van der Waals surface area contributed by atoms with Crippen LogP contribution in [-0.4, -0.2) is 19.8 Å². The van der Waals surface area contributed by atoms with E-state index in [0.29, 0.717) is 5.33 Å². The Bertz CT molecular complexity index is 68.2. The first-order chi connectivity index (χ1) is 3.48. The van der Waals surface area contributed by atoms with Crippen molar-refractivity contribution in [2.75, 3.05) is 5.33 Å². The highest BCUT2D eigenvalue weighted by molar-refractivity contribution is 9.25. The molecule has 0 aliphatic heterocycles. The summed E-state index contributed by atoms with van der Waals surface area (Å²) in [6.45, 7) is 1.85. The van der Waals surface area contributed by atoms with Gasteiger partial charge in [0, 0.05) is 5.33 Å². The quantitative estimate of drug-likeness (QED) is 0.776. The molecule has 0 bridgehead atoms. The second-order valence-corrected chi connectivity index (χ2v) is 6.63. The molecule has 0 rings (SSSR count). The van der Waals surface area contributed by atoms with Crippen molar-refractivity contribution < 1.29 is 5.11 Å². The van der Waals surface area contributed by atoms with Gasteiger partial charge in [-0.1, -0.05) is 47.8 Å². The van der Waals surface area contributed by atoms with E-state index in [9.17, 15) is 0 Å². The lowest BCUT2D eigenvalue weighted by Gasteiger charge is -2.18. The van der Waals surface area contributed by atoms with E-state index in [1.807, 2.05) is 6.92 Å². The van der Waals surface area contributed by atoms with E-state index >= 15 is 0 Å². The zero-order valence-electron chi connectivity index (χ0n) is 4.37. The number of rotatable bonds is 2. The molecule has 1 nitrogen and oxygen atoms in total. The Kier molecular flexibility index (Phi) is 4.16. The normalized spacial score (nSPS) is 16.1. The smallest absolute Gasteiger partial charge is 0.104 e. The van der Waals surface area contributed by atoms with Crippen molar-refractivity contribution in [3.05, 3.63) is 0 Å². The van der Waals surface area contributed by atoms with Crippen LogP contribution in [0, 0.1) is 0 Å². The van der Waals surface area contributed by atoms with Crippen LogP contribution >= 0.6 is 47.8 Å². The van der Waals surface area contributed by atoms with Gasteiger partial charge in [0.1, 0.15) is 3.23 Å². The van der Waals surface area contributed by atoms with Gasteiger partial charge in [-0.25, -0.2) is 0 Å². The van der Waals surface area contributed by atoms with Crippen LogP contribution in [0.5, 0.6) is 0 Å². The van der Waals surface area contributed by atoms with Gasteiger partial charge in [0.25, 0.3) is 0 Å². The van der Waals surface area contributed by atoms with Crippen LogP contribution in [0.25, 0.3) is 0 Å². The molecular weight excluding hydrogens is 304 g/mol. The molecular formula is C4H7Br3O. The van der Waals surface area contributed by atoms with Crippen LogP contribution in [0.2, 0.25) is 0 Å². The summed E-state index contributed by atoms with van der Waals surface area (Å²) in [6.07, 6.45) is -0.400. The summed E-state index contributed by atoms with van der Waals surface area (Å²) in [5.41, 5.74) is 0. The second-order valence-electron chi connectivity index (χ2n) is 1.63. The topological polar surface area (TPSA) is 20.2 Å². The minimum absolute atomic E-state index is 0.358. The number of hydrogen-bond donors (Lipinski definition) is 1. The third-order valence-electron chi connectivity index (χ3n) is 0.731. The van der Waals surface area contributed by atoms with E-state index < -0.39 is 6.10 Å². The van der Waals surface area contributed by atoms with E-state index in [0.717, 1.165) is 0 Å². The standard InChI is InChI=1S/C4H7Br3O/c1-4(6,7)3(8)2-5/h3,8H,2H2,1H3. The third kappa shape index (κ3) is 3.43. The maximum atomic E-state index is 9.05. The first kappa shape index (κ1) is 9.40. The average molecular weight is 311 g/mol. The lowest BCUT2D eigenvalue weighted by Crippen LogP contribution is -2.27. The molecule has 0 saturated carbocycles. The van der Waals surface area contributed by atoms with Crippen molar-refractivity contribution in [3.8, 4) is 0 Å². The molecule has 1 atom stereocenters. The van der Waals surface area contributed by atoms with Gasteiger partial charge in [-0.3, -0.25) is 0 Å². The highest BCUT2D eigenvalue weighted by atomic mass is 79.9. The van der Waals surface area contributed by atoms with Crippen molar-refractivity contribution in [2.45, 2.75) is 16.3 Å². The Morgan fingerprint density at radius 3 is 2.00 bits per heavy atom. The number of aliphatic hydroxyl groups excluding tert-OH is 1. The van der Waals surface area contributed by atoms with Gasteiger partial charge in [-0.2, -0.15) is 0 Å². The molecule has 0 spiro atoms. The van der Waals surface area contributed by atoms with E-state index in [2.05, 4.69) is 47.8 Å². The molecule has 50 valence electrons. The third-order valence-corrected chi connectivity index (χ3v) is 2.40. The number of aliphatic hydroxyl groups is 1. The minimum Gasteiger partial charge on any atom is -0.390 e. The molecule has 0 radical (unpaired) electrons. The van der Waals surface area contributed by atoms with E-state index in [1.54, 1.807) is 0 Å². The van der Waals surface area contributed by atoms with Crippen LogP contribution in [-0.2, 0) is 0 Å². The van der Waals surface area contributed by atoms with E-state index in [1.165, 1.54) is 0 Å². The minimum atomic E-state index is -0.400. The fourth-order valence-electron chi connectivity index (χ4n) is 0.135. The van der Waals surface area contributed by atoms with Gasteiger partial charge in [-0.15, -0.1) is 0 Å². The molecule has 0 amide bonds. The molecule has 1 N–H and O–H groups in total. The molecule has 4 heteroatoms. The molecule has 0 heterocycles. The molecule has 0 aliphatic rings. The Hall–Kier alpha value is 1.40. The summed E-state index contributed by atoms with van der Waals surface area (Å²) < 4.78 is -0.358. The van der Waals surface area contributed by atoms with E-state index in [4.69, 9.17) is 5.11 Å². The number of halogens is 3. The molecule has 0 aromatic rings. The Morgan fingerprint density at radius 1 is 1.62 bits per heavy atom. The van der Waals surface area contributed by atoms with Crippen molar-refractivity contribution in [1.29, 1.82) is 0 Å². The summed E-state index contributed by atoms with van der Waals surface area (Å²) in [5, 5.41) is 9.62. The van der Waals surface area contributed by atoms with Crippen LogP contribution in [0.15, 0.2) is 0 Å². The first-order valence-corrected chi connectivity index (χ1v) is 4.81. The summed E-state index contributed by atoms with van der Waals surface area (Å²) in [4.78, 5) is 0. The SMILES string of the molecule is CC(Br)(Br)C(O)CBr. The Labute approximate surface area is 74.2 Å². The van der Waals surface area contributed by atoms with Crippen molar-refractivity contribution in [3.63, 3.8) is 0 Å². The lowest BCUT2D eigenvalue weighted by molar-refractivity contribution is 0.196. The average Bonchev–Trinajstić information content (AvgIpc) is 1.62. The zero-order valence-corrected chi connectivity index (χ0v) is 9.12. The Balaban J connectivity index is 3.62. The summed E-state index contributed by atoms with van der Waals surface area (Å²) in [5.74, 6) is 0. The molecule has 0 aromatic carbocycles. The fourth-order valence-corrected chi connectivity index (χ4v) is 1.98. The largest absolute Gasteiger partial charge is 0.390 e. The van der Waals surface area contributed by atoms with Gasteiger partial charge in [0.15, 0.2) is 0 Å². The van der Waals surface area contributed by atoms with Crippen LogP contribution in [0.1, 0.15) is 6.92 Å².